The van der Waals surface area contributed by atoms with Crippen molar-refractivity contribution < 1.29 is 9.72 Å². The van der Waals surface area contributed by atoms with Gasteiger partial charge >= 0.3 is 0 Å². The highest BCUT2D eigenvalue weighted by Gasteiger charge is 2.20. The van der Waals surface area contributed by atoms with Crippen LogP contribution in [-0.2, 0) is 6.42 Å². The Morgan fingerprint density at radius 1 is 1.33 bits per heavy atom. The van der Waals surface area contributed by atoms with E-state index in [1.807, 2.05) is 18.2 Å². The quantitative estimate of drug-likeness (QED) is 0.572. The molecule has 8 heteroatoms. The first kappa shape index (κ1) is 15.6. The Labute approximate surface area is 137 Å². The summed E-state index contributed by atoms with van der Waals surface area (Å²) in [5.74, 6) is -0.294. The second kappa shape index (κ2) is 6.45. The summed E-state index contributed by atoms with van der Waals surface area (Å²) in [5, 5.41) is 18.1. The maximum Gasteiger partial charge on any atom is 0.274 e. The van der Waals surface area contributed by atoms with Gasteiger partial charge in [0.15, 0.2) is 5.69 Å². The second-order valence-electron chi connectivity index (χ2n) is 5.36. The number of non-ortho nitro benzene ring substituents is 1. The molecule has 0 unspecified atom stereocenters. The van der Waals surface area contributed by atoms with E-state index in [0.717, 1.165) is 5.69 Å². The Hall–Kier alpha value is -3.29. The van der Waals surface area contributed by atoms with Gasteiger partial charge in [-0.15, -0.1) is 0 Å². The highest BCUT2D eigenvalue weighted by molar-refractivity contribution is 6.05. The third-order valence-corrected chi connectivity index (χ3v) is 3.74. The Morgan fingerprint density at radius 3 is 2.88 bits per heavy atom. The number of fused-ring (bicyclic) bond motifs is 1. The summed E-state index contributed by atoms with van der Waals surface area (Å²) in [6, 6.07) is 9.90. The molecule has 1 amide bonds. The largest absolute Gasteiger partial charge is 0.340 e. The molecule has 24 heavy (non-hydrogen) atoms. The van der Waals surface area contributed by atoms with E-state index in [1.54, 1.807) is 19.3 Å². The number of nitro groups is 1. The number of nitrogens with one attached hydrogen (secondary N) is 1. The lowest BCUT2D eigenvalue weighted by molar-refractivity contribution is -0.384. The van der Waals surface area contributed by atoms with Crippen LogP contribution in [0.5, 0.6) is 0 Å². The number of carbonyl (C=O) groups excluding carboxylic acids is 1. The van der Waals surface area contributed by atoms with Crippen LogP contribution in [0.25, 0.3) is 10.9 Å². The number of hydrogen-bond donors (Lipinski definition) is 1. The lowest BCUT2D eigenvalue weighted by Gasteiger charge is -2.15. The van der Waals surface area contributed by atoms with E-state index >= 15 is 0 Å². The highest BCUT2D eigenvalue weighted by Crippen LogP contribution is 2.22. The van der Waals surface area contributed by atoms with Crippen molar-refractivity contribution in [3.63, 3.8) is 0 Å². The maximum absolute atomic E-state index is 12.6. The van der Waals surface area contributed by atoms with Crippen molar-refractivity contribution in [3.8, 4) is 0 Å². The summed E-state index contributed by atoms with van der Waals surface area (Å²) in [6.45, 7) is 0.471. The van der Waals surface area contributed by atoms with Gasteiger partial charge in [-0.25, -0.2) is 0 Å². The number of H-pyrrole nitrogens is 1. The van der Waals surface area contributed by atoms with Crippen LogP contribution in [0.4, 0.5) is 5.69 Å². The number of aromatic amines is 1. The van der Waals surface area contributed by atoms with Crippen molar-refractivity contribution in [3.05, 3.63) is 64.1 Å². The van der Waals surface area contributed by atoms with Crippen LogP contribution in [0.15, 0.2) is 42.6 Å². The first-order valence-electron chi connectivity index (χ1n) is 7.34. The number of likely N-dealkylation sites (N-methyl/N-ethyl adjacent to an activating group) is 1. The predicted molar refractivity (Wildman–Crippen MR) is 87.6 cm³/mol. The van der Waals surface area contributed by atoms with E-state index in [4.69, 9.17) is 0 Å². The minimum atomic E-state index is -0.495. The molecule has 0 aliphatic rings. The van der Waals surface area contributed by atoms with E-state index < -0.39 is 4.92 Å². The van der Waals surface area contributed by atoms with Crippen molar-refractivity contribution in [1.82, 2.24) is 20.1 Å². The van der Waals surface area contributed by atoms with Gasteiger partial charge in [0.2, 0.25) is 0 Å². The third kappa shape index (κ3) is 3.07. The van der Waals surface area contributed by atoms with E-state index in [-0.39, 0.29) is 17.3 Å². The van der Waals surface area contributed by atoms with Gasteiger partial charge in [0.1, 0.15) is 0 Å². The molecule has 1 N–H and O–H groups in total. The molecule has 3 aromatic rings. The Morgan fingerprint density at radius 2 is 2.17 bits per heavy atom. The topological polar surface area (TPSA) is 105 Å². The zero-order valence-corrected chi connectivity index (χ0v) is 13.0. The Kier molecular flexibility index (Phi) is 4.19. The van der Waals surface area contributed by atoms with E-state index in [1.165, 1.54) is 17.0 Å². The fourth-order valence-electron chi connectivity index (χ4n) is 2.39. The number of pyridine rings is 1. The first-order valence-corrected chi connectivity index (χ1v) is 7.34. The molecule has 0 atom stereocenters. The van der Waals surface area contributed by atoms with Gasteiger partial charge in [-0.05, 0) is 18.2 Å². The van der Waals surface area contributed by atoms with Crippen LogP contribution in [-0.4, -0.2) is 44.5 Å². The van der Waals surface area contributed by atoms with Gasteiger partial charge in [0.05, 0.1) is 10.4 Å². The molecule has 0 aliphatic heterocycles. The molecule has 0 saturated carbocycles. The molecule has 0 bridgehead atoms. The number of benzene rings is 1. The van der Waals surface area contributed by atoms with E-state index in [2.05, 4.69) is 15.2 Å². The standard InChI is InChI=1S/C16H15N5O3/c1-20(9-7-11-4-2-3-8-17-11)16(22)15-13-10-12(21(23)24)5-6-14(13)18-19-15/h2-6,8,10H,7,9H2,1H3,(H,18,19). The van der Waals surface area contributed by atoms with Gasteiger partial charge in [-0.3, -0.25) is 25.0 Å². The average molecular weight is 325 g/mol. The highest BCUT2D eigenvalue weighted by atomic mass is 16.6. The molecule has 0 spiro atoms. The molecular formula is C16H15N5O3. The van der Waals surface area contributed by atoms with Gasteiger partial charge in [-0.1, -0.05) is 6.07 Å². The van der Waals surface area contributed by atoms with E-state index in [0.29, 0.717) is 23.9 Å². The van der Waals surface area contributed by atoms with Gasteiger partial charge in [0.25, 0.3) is 11.6 Å². The molecule has 1 aromatic carbocycles. The number of aromatic nitrogens is 3. The number of hydrogen-bond acceptors (Lipinski definition) is 5. The first-order chi connectivity index (χ1) is 11.6. The summed E-state index contributed by atoms with van der Waals surface area (Å²) in [6.07, 6.45) is 2.32. The van der Waals surface area contributed by atoms with Crippen molar-refractivity contribution in [1.29, 1.82) is 0 Å². The lowest BCUT2D eigenvalue weighted by Crippen LogP contribution is -2.29. The van der Waals surface area contributed by atoms with Crippen LogP contribution in [0.3, 0.4) is 0 Å². The molecule has 0 saturated heterocycles. The predicted octanol–water partition coefficient (Wildman–Crippen LogP) is 2.18. The van der Waals surface area contributed by atoms with Crippen LogP contribution in [0, 0.1) is 10.1 Å². The van der Waals surface area contributed by atoms with Crippen molar-refractivity contribution >= 4 is 22.5 Å². The summed E-state index contributed by atoms with van der Waals surface area (Å²) in [5.41, 5.74) is 1.58. The molecule has 122 valence electrons. The SMILES string of the molecule is CN(CCc1ccccn1)C(=O)c1n[nH]c2ccc([N+](=O)[O-])cc12. The minimum absolute atomic E-state index is 0.0749. The molecule has 0 radical (unpaired) electrons. The molecule has 0 aliphatic carbocycles. The zero-order valence-electron chi connectivity index (χ0n) is 13.0. The van der Waals surface area contributed by atoms with Crippen LogP contribution in [0.1, 0.15) is 16.2 Å². The summed E-state index contributed by atoms with van der Waals surface area (Å²) < 4.78 is 0. The number of rotatable bonds is 5. The van der Waals surface area contributed by atoms with Crippen molar-refractivity contribution in [2.24, 2.45) is 0 Å². The lowest BCUT2D eigenvalue weighted by atomic mass is 10.1. The average Bonchev–Trinajstić information content (AvgIpc) is 3.03. The Bertz CT molecular complexity index is 891. The number of carbonyl (C=O) groups is 1. The number of amides is 1. The number of nitrogens with zero attached hydrogens (tertiary/aromatic N) is 4. The normalized spacial score (nSPS) is 10.7. The zero-order chi connectivity index (χ0) is 17.1. The van der Waals surface area contributed by atoms with Gasteiger partial charge in [0, 0.05) is 49.4 Å². The Balaban J connectivity index is 1.80. The molecule has 8 nitrogen and oxygen atoms in total. The van der Waals surface area contributed by atoms with Crippen LogP contribution >= 0.6 is 0 Å². The summed E-state index contributed by atoms with van der Waals surface area (Å²) in [7, 11) is 1.67. The monoisotopic (exact) mass is 325 g/mol. The third-order valence-electron chi connectivity index (χ3n) is 3.74. The van der Waals surface area contributed by atoms with E-state index in [9.17, 15) is 14.9 Å². The minimum Gasteiger partial charge on any atom is -0.340 e. The maximum atomic E-state index is 12.6. The smallest absolute Gasteiger partial charge is 0.274 e. The fraction of sp³-hybridized carbons (Fsp3) is 0.188. The number of nitro benzene ring substituents is 1. The fourth-order valence-corrected chi connectivity index (χ4v) is 2.39. The summed E-state index contributed by atoms with van der Waals surface area (Å²) in [4.78, 5) is 28.7. The van der Waals surface area contributed by atoms with Crippen molar-refractivity contribution in [2.45, 2.75) is 6.42 Å². The molecule has 0 fully saturated rings. The van der Waals surface area contributed by atoms with Crippen LogP contribution in [0.2, 0.25) is 0 Å². The summed E-state index contributed by atoms with van der Waals surface area (Å²) >= 11 is 0. The van der Waals surface area contributed by atoms with Crippen LogP contribution < -0.4 is 0 Å². The molecule has 2 aromatic heterocycles. The van der Waals surface area contributed by atoms with Crippen molar-refractivity contribution in [2.75, 3.05) is 13.6 Å². The molecule has 3 rings (SSSR count). The second-order valence-corrected chi connectivity index (χ2v) is 5.36. The molecular weight excluding hydrogens is 310 g/mol. The molecule has 2 heterocycles. The van der Waals surface area contributed by atoms with Gasteiger partial charge in [-0.2, -0.15) is 5.10 Å². The van der Waals surface area contributed by atoms with Gasteiger partial charge < -0.3 is 4.90 Å².